The Morgan fingerprint density at radius 3 is 2.62 bits per heavy atom. The Morgan fingerprint density at radius 2 is 1.83 bits per heavy atom. The van der Waals surface area contributed by atoms with Gasteiger partial charge in [-0.1, -0.05) is 18.2 Å². The van der Waals surface area contributed by atoms with E-state index >= 15 is 0 Å². The third kappa shape index (κ3) is 4.18. The number of anilines is 1. The zero-order valence-corrected chi connectivity index (χ0v) is 15.6. The van der Waals surface area contributed by atoms with Crippen molar-refractivity contribution in [2.45, 2.75) is 6.92 Å². The number of amides is 1. The quantitative estimate of drug-likeness (QED) is 0.661. The Hall–Kier alpha value is -3.88. The van der Waals surface area contributed by atoms with E-state index in [0.717, 1.165) is 0 Å². The van der Waals surface area contributed by atoms with Crippen LogP contribution >= 0.6 is 0 Å². The van der Waals surface area contributed by atoms with Gasteiger partial charge in [-0.2, -0.15) is 9.90 Å². The maximum absolute atomic E-state index is 12.3. The first-order valence-electron chi connectivity index (χ1n) is 8.96. The normalized spacial score (nSPS) is 12.3. The Bertz CT molecular complexity index is 1050. The monoisotopic (exact) mass is 394 g/mol. The lowest BCUT2D eigenvalue weighted by Crippen LogP contribution is -2.22. The molecule has 3 aromatic rings. The summed E-state index contributed by atoms with van der Waals surface area (Å²) >= 11 is 0. The molecular formula is C20H18N4O5. The van der Waals surface area contributed by atoms with Crippen molar-refractivity contribution in [2.75, 3.05) is 25.1 Å². The largest absolute Gasteiger partial charge is 0.486 e. The molecule has 0 unspecified atom stereocenters. The van der Waals surface area contributed by atoms with Crippen molar-refractivity contribution in [1.82, 2.24) is 15.0 Å². The fourth-order valence-corrected chi connectivity index (χ4v) is 2.76. The third-order valence-corrected chi connectivity index (χ3v) is 4.12. The van der Waals surface area contributed by atoms with Gasteiger partial charge in [-0.3, -0.25) is 4.79 Å². The number of hydrogen-bond donors (Lipinski definition) is 1. The minimum absolute atomic E-state index is 0.0565. The van der Waals surface area contributed by atoms with Crippen molar-refractivity contribution in [3.63, 3.8) is 0 Å². The molecule has 1 aliphatic heterocycles. The molecule has 0 saturated carbocycles. The lowest BCUT2D eigenvalue weighted by molar-refractivity contribution is -0.119. The summed E-state index contributed by atoms with van der Waals surface area (Å²) in [6, 6.07) is 14.2. The standard InChI is InChI=1S/C20H18N4O5/c1-13-19(23-24(22-13)15-5-3-2-4-6-15)20(26)29-12-18(25)21-14-7-8-16-17(11-14)28-10-9-27-16/h2-8,11H,9-10,12H2,1H3,(H,21,25). The van der Waals surface area contributed by atoms with Crippen molar-refractivity contribution in [1.29, 1.82) is 0 Å². The summed E-state index contributed by atoms with van der Waals surface area (Å²) < 4.78 is 16.0. The van der Waals surface area contributed by atoms with Crippen LogP contribution in [0.4, 0.5) is 5.69 Å². The average molecular weight is 394 g/mol. The molecule has 4 rings (SSSR count). The van der Waals surface area contributed by atoms with E-state index in [9.17, 15) is 9.59 Å². The second-order valence-corrected chi connectivity index (χ2v) is 6.24. The molecule has 0 atom stereocenters. The van der Waals surface area contributed by atoms with Crippen LogP contribution in [0, 0.1) is 6.92 Å². The van der Waals surface area contributed by atoms with Gasteiger partial charge in [-0.05, 0) is 31.2 Å². The maximum atomic E-state index is 12.3. The molecule has 0 fully saturated rings. The van der Waals surface area contributed by atoms with Crippen molar-refractivity contribution in [3.8, 4) is 17.2 Å². The van der Waals surface area contributed by atoms with Gasteiger partial charge in [0.1, 0.15) is 13.2 Å². The zero-order chi connectivity index (χ0) is 20.2. The number of rotatable bonds is 5. The number of fused-ring (bicyclic) bond motifs is 1. The van der Waals surface area contributed by atoms with E-state index in [1.54, 1.807) is 25.1 Å². The fraction of sp³-hybridized carbons (Fsp3) is 0.200. The summed E-state index contributed by atoms with van der Waals surface area (Å²) in [5.74, 6) is -0.0259. The third-order valence-electron chi connectivity index (χ3n) is 4.12. The van der Waals surface area contributed by atoms with Crippen LogP contribution in [0.3, 0.4) is 0 Å². The van der Waals surface area contributed by atoms with Crippen molar-refractivity contribution >= 4 is 17.6 Å². The van der Waals surface area contributed by atoms with Gasteiger partial charge in [-0.25, -0.2) is 4.79 Å². The number of ether oxygens (including phenoxy) is 3. The van der Waals surface area contributed by atoms with Crippen LogP contribution in [0.25, 0.3) is 5.69 Å². The predicted molar refractivity (Wildman–Crippen MR) is 102 cm³/mol. The van der Waals surface area contributed by atoms with Crippen LogP contribution < -0.4 is 14.8 Å². The number of aryl methyl sites for hydroxylation is 1. The van der Waals surface area contributed by atoms with E-state index in [0.29, 0.717) is 41.8 Å². The molecule has 9 heteroatoms. The van der Waals surface area contributed by atoms with E-state index in [1.807, 2.05) is 30.3 Å². The van der Waals surface area contributed by atoms with Crippen LogP contribution in [0.5, 0.6) is 11.5 Å². The molecule has 0 bridgehead atoms. The van der Waals surface area contributed by atoms with Gasteiger partial charge in [0, 0.05) is 11.8 Å². The average Bonchev–Trinajstić information content (AvgIpc) is 3.14. The summed E-state index contributed by atoms with van der Waals surface area (Å²) in [6.45, 7) is 2.14. The molecule has 0 radical (unpaired) electrons. The highest BCUT2D eigenvalue weighted by Gasteiger charge is 2.19. The summed E-state index contributed by atoms with van der Waals surface area (Å²) in [7, 11) is 0. The molecule has 2 aromatic carbocycles. The number of carbonyl (C=O) groups excluding carboxylic acids is 2. The Kier molecular flexibility index (Phi) is 5.10. The van der Waals surface area contributed by atoms with E-state index in [-0.39, 0.29) is 5.69 Å². The number of hydrogen-bond acceptors (Lipinski definition) is 7. The molecule has 29 heavy (non-hydrogen) atoms. The van der Waals surface area contributed by atoms with E-state index in [4.69, 9.17) is 14.2 Å². The minimum Gasteiger partial charge on any atom is -0.486 e. The molecule has 0 saturated heterocycles. The van der Waals surface area contributed by atoms with E-state index < -0.39 is 18.5 Å². The Labute approximate surface area is 166 Å². The number of para-hydroxylation sites is 1. The second-order valence-electron chi connectivity index (χ2n) is 6.24. The number of benzene rings is 2. The van der Waals surface area contributed by atoms with E-state index in [2.05, 4.69) is 15.5 Å². The van der Waals surface area contributed by atoms with Gasteiger partial charge >= 0.3 is 5.97 Å². The maximum Gasteiger partial charge on any atom is 0.361 e. The SMILES string of the molecule is Cc1nn(-c2ccccc2)nc1C(=O)OCC(=O)Nc1ccc2c(c1)OCCO2. The first-order valence-corrected chi connectivity index (χ1v) is 8.96. The number of aromatic nitrogens is 3. The fourth-order valence-electron chi connectivity index (χ4n) is 2.76. The number of esters is 1. The lowest BCUT2D eigenvalue weighted by atomic mass is 10.2. The van der Waals surface area contributed by atoms with Gasteiger partial charge in [0.15, 0.2) is 23.8 Å². The Morgan fingerprint density at radius 1 is 1.07 bits per heavy atom. The smallest absolute Gasteiger partial charge is 0.361 e. The topological polar surface area (TPSA) is 105 Å². The predicted octanol–water partition coefficient (Wildman–Crippen LogP) is 2.14. The van der Waals surface area contributed by atoms with Gasteiger partial charge < -0.3 is 19.5 Å². The van der Waals surface area contributed by atoms with Crippen molar-refractivity contribution < 1.29 is 23.8 Å². The molecule has 1 N–H and O–H groups in total. The number of carbonyl (C=O) groups is 2. The highest BCUT2D eigenvalue weighted by Crippen LogP contribution is 2.32. The molecule has 1 aliphatic rings. The Balaban J connectivity index is 1.36. The minimum atomic E-state index is -0.720. The van der Waals surface area contributed by atoms with Crippen molar-refractivity contribution in [2.24, 2.45) is 0 Å². The lowest BCUT2D eigenvalue weighted by Gasteiger charge is -2.18. The molecule has 2 heterocycles. The summed E-state index contributed by atoms with van der Waals surface area (Å²) in [4.78, 5) is 25.8. The molecule has 1 aromatic heterocycles. The molecular weight excluding hydrogens is 376 g/mol. The highest BCUT2D eigenvalue weighted by molar-refractivity contribution is 5.95. The number of nitrogens with one attached hydrogen (secondary N) is 1. The second kappa shape index (κ2) is 8.01. The highest BCUT2D eigenvalue weighted by atomic mass is 16.6. The molecule has 9 nitrogen and oxygen atoms in total. The first kappa shape index (κ1) is 18.5. The summed E-state index contributed by atoms with van der Waals surface area (Å²) in [5.41, 5.74) is 1.69. The van der Waals surface area contributed by atoms with Gasteiger partial charge in [0.05, 0.1) is 11.4 Å². The van der Waals surface area contributed by atoms with Gasteiger partial charge in [-0.15, -0.1) is 5.10 Å². The van der Waals surface area contributed by atoms with Crippen molar-refractivity contribution in [3.05, 3.63) is 59.9 Å². The van der Waals surface area contributed by atoms with Crippen LogP contribution in [0.1, 0.15) is 16.2 Å². The molecule has 1 amide bonds. The summed E-state index contributed by atoms with van der Waals surface area (Å²) in [5, 5.41) is 11.0. The van der Waals surface area contributed by atoms with Crippen LogP contribution in [-0.2, 0) is 9.53 Å². The first-order chi connectivity index (χ1) is 14.1. The molecule has 0 aliphatic carbocycles. The number of nitrogens with zero attached hydrogens (tertiary/aromatic N) is 3. The summed E-state index contributed by atoms with van der Waals surface area (Å²) in [6.07, 6.45) is 0. The molecule has 148 valence electrons. The van der Waals surface area contributed by atoms with E-state index in [1.165, 1.54) is 4.80 Å². The van der Waals surface area contributed by atoms with Gasteiger partial charge in [0.25, 0.3) is 5.91 Å². The van der Waals surface area contributed by atoms with Crippen LogP contribution in [0.2, 0.25) is 0 Å². The van der Waals surface area contributed by atoms with Crippen LogP contribution in [-0.4, -0.2) is 46.7 Å². The zero-order valence-electron chi connectivity index (χ0n) is 15.6. The van der Waals surface area contributed by atoms with Gasteiger partial charge in [0.2, 0.25) is 0 Å². The van der Waals surface area contributed by atoms with Crippen LogP contribution in [0.15, 0.2) is 48.5 Å². The molecule has 0 spiro atoms.